The van der Waals surface area contributed by atoms with Gasteiger partial charge in [-0.2, -0.15) is 0 Å². The summed E-state index contributed by atoms with van der Waals surface area (Å²) in [5, 5.41) is 5.88. The first-order chi connectivity index (χ1) is 13.5. The molecule has 0 aliphatic carbocycles. The molecule has 0 radical (unpaired) electrons. The van der Waals surface area contributed by atoms with E-state index in [-0.39, 0.29) is 11.6 Å². The molecule has 0 bridgehead atoms. The van der Waals surface area contributed by atoms with E-state index in [2.05, 4.69) is 15.6 Å². The van der Waals surface area contributed by atoms with Gasteiger partial charge in [-0.15, -0.1) is 0 Å². The number of benzene rings is 2. The number of carbonyl (C=O) groups is 2. The number of carbonyl (C=O) groups excluding carboxylic acids is 2. The zero-order chi connectivity index (χ0) is 20.1. The number of halogens is 1. The van der Waals surface area contributed by atoms with E-state index in [0.717, 1.165) is 5.56 Å². The molecule has 0 aliphatic rings. The van der Waals surface area contributed by atoms with Crippen molar-refractivity contribution in [2.45, 2.75) is 6.92 Å². The highest BCUT2D eigenvalue weighted by Gasteiger charge is 2.13. The van der Waals surface area contributed by atoms with Crippen molar-refractivity contribution in [3.05, 3.63) is 82.6 Å². The summed E-state index contributed by atoms with van der Waals surface area (Å²) in [4.78, 5) is 29.0. The van der Waals surface area contributed by atoms with Crippen LogP contribution >= 0.6 is 11.6 Å². The van der Waals surface area contributed by atoms with Crippen LogP contribution in [0.5, 0.6) is 5.75 Å². The van der Waals surface area contributed by atoms with Crippen molar-refractivity contribution in [3.8, 4) is 5.75 Å². The van der Waals surface area contributed by atoms with Gasteiger partial charge in [-0.1, -0.05) is 23.7 Å². The highest BCUT2D eigenvalue weighted by molar-refractivity contribution is 6.32. The van der Waals surface area contributed by atoms with Crippen LogP contribution in [0.3, 0.4) is 0 Å². The molecule has 0 saturated heterocycles. The Morgan fingerprint density at radius 3 is 2.43 bits per heavy atom. The van der Waals surface area contributed by atoms with E-state index in [9.17, 15) is 9.59 Å². The molecule has 1 aromatic heterocycles. The number of hydrogen-bond donors (Lipinski definition) is 2. The first kappa shape index (κ1) is 19.4. The van der Waals surface area contributed by atoms with Crippen molar-refractivity contribution in [2.75, 3.05) is 17.7 Å². The smallest absolute Gasteiger partial charge is 0.274 e. The summed E-state index contributed by atoms with van der Waals surface area (Å²) in [5.74, 6) is -0.270. The van der Waals surface area contributed by atoms with Crippen molar-refractivity contribution in [1.82, 2.24) is 4.98 Å². The lowest BCUT2D eigenvalue weighted by Gasteiger charge is -2.09. The normalized spacial score (nSPS) is 10.2. The fourth-order valence-electron chi connectivity index (χ4n) is 2.56. The van der Waals surface area contributed by atoms with Gasteiger partial charge in [0.15, 0.2) is 0 Å². The minimum atomic E-state index is -0.452. The highest BCUT2D eigenvalue weighted by atomic mass is 35.5. The van der Waals surface area contributed by atoms with Crippen LogP contribution in [0.4, 0.5) is 11.4 Å². The summed E-state index contributed by atoms with van der Waals surface area (Å²) in [6.07, 6.45) is 1.42. The second-order valence-electron chi connectivity index (χ2n) is 6.06. The van der Waals surface area contributed by atoms with Crippen molar-refractivity contribution in [1.29, 1.82) is 0 Å². The van der Waals surface area contributed by atoms with E-state index in [1.807, 2.05) is 25.1 Å². The van der Waals surface area contributed by atoms with Crippen LogP contribution < -0.4 is 15.4 Å². The Morgan fingerprint density at radius 1 is 0.964 bits per heavy atom. The number of anilines is 2. The lowest BCUT2D eigenvalue weighted by molar-refractivity contribution is 0.102. The second-order valence-corrected chi connectivity index (χ2v) is 6.46. The molecule has 6 nitrogen and oxygen atoms in total. The number of aromatic nitrogens is 1. The average Bonchev–Trinajstić information content (AvgIpc) is 2.68. The van der Waals surface area contributed by atoms with E-state index >= 15 is 0 Å². The summed E-state index contributed by atoms with van der Waals surface area (Å²) < 4.78 is 5.09. The molecule has 0 aliphatic heterocycles. The third-order valence-electron chi connectivity index (χ3n) is 3.94. The summed E-state index contributed by atoms with van der Waals surface area (Å²) in [6.45, 7) is 1.94. The van der Waals surface area contributed by atoms with Gasteiger partial charge in [0.2, 0.25) is 0 Å². The number of rotatable bonds is 5. The van der Waals surface area contributed by atoms with E-state index in [1.165, 1.54) is 19.4 Å². The number of nitrogens with zero attached hydrogens (tertiary/aromatic N) is 1. The Morgan fingerprint density at radius 2 is 1.71 bits per heavy atom. The first-order valence-corrected chi connectivity index (χ1v) is 8.83. The SMILES string of the molecule is COc1ccc(NC(=O)c2cc(C(=O)Nc3cccc(C)c3)ccn2)cc1Cl. The zero-order valence-electron chi connectivity index (χ0n) is 15.3. The standard InChI is InChI=1S/C21H18ClN3O3/c1-13-4-3-5-15(10-13)24-20(26)14-8-9-23-18(11-14)21(27)25-16-6-7-19(28-2)17(22)12-16/h3-12H,1-2H3,(H,24,26)(H,25,27). The summed E-state index contributed by atoms with van der Waals surface area (Å²) in [7, 11) is 1.51. The Kier molecular flexibility index (Phi) is 5.91. The first-order valence-electron chi connectivity index (χ1n) is 8.45. The summed E-state index contributed by atoms with van der Waals surface area (Å²) in [6, 6.07) is 15.3. The molecular weight excluding hydrogens is 378 g/mol. The maximum absolute atomic E-state index is 12.5. The van der Waals surface area contributed by atoms with Crippen molar-refractivity contribution < 1.29 is 14.3 Å². The molecule has 0 fully saturated rings. The molecule has 1 heterocycles. The average molecular weight is 396 g/mol. The van der Waals surface area contributed by atoms with Gasteiger partial charge in [-0.05, 0) is 55.0 Å². The second kappa shape index (κ2) is 8.54. The van der Waals surface area contributed by atoms with Gasteiger partial charge in [0.25, 0.3) is 11.8 Å². The number of amides is 2. The fourth-order valence-corrected chi connectivity index (χ4v) is 2.82. The Bertz CT molecular complexity index is 1040. The molecule has 2 aromatic carbocycles. The van der Waals surface area contributed by atoms with Gasteiger partial charge in [0, 0.05) is 23.1 Å². The maximum atomic E-state index is 12.5. The number of pyridine rings is 1. The molecule has 7 heteroatoms. The topological polar surface area (TPSA) is 80.3 Å². The van der Waals surface area contributed by atoms with Gasteiger partial charge in [0.05, 0.1) is 12.1 Å². The van der Waals surface area contributed by atoms with Crippen LogP contribution in [0.1, 0.15) is 26.4 Å². The van der Waals surface area contributed by atoms with E-state index in [0.29, 0.717) is 27.7 Å². The van der Waals surface area contributed by atoms with Crippen LogP contribution in [0.25, 0.3) is 0 Å². The molecule has 0 unspecified atom stereocenters. The molecule has 2 N–H and O–H groups in total. The molecule has 2 amide bonds. The fraction of sp³-hybridized carbons (Fsp3) is 0.0952. The molecule has 3 rings (SSSR count). The lowest BCUT2D eigenvalue weighted by atomic mass is 10.2. The van der Waals surface area contributed by atoms with Gasteiger partial charge < -0.3 is 15.4 Å². The van der Waals surface area contributed by atoms with Crippen LogP contribution in [0.2, 0.25) is 5.02 Å². The van der Waals surface area contributed by atoms with E-state index in [4.69, 9.17) is 16.3 Å². The van der Waals surface area contributed by atoms with E-state index < -0.39 is 5.91 Å². The lowest BCUT2D eigenvalue weighted by Crippen LogP contribution is -2.17. The van der Waals surface area contributed by atoms with Crippen LogP contribution in [-0.2, 0) is 0 Å². The Labute approximate surface area is 167 Å². The molecule has 142 valence electrons. The van der Waals surface area contributed by atoms with Gasteiger partial charge >= 0.3 is 0 Å². The monoisotopic (exact) mass is 395 g/mol. The molecule has 0 atom stereocenters. The van der Waals surface area contributed by atoms with Gasteiger partial charge in [0.1, 0.15) is 11.4 Å². The van der Waals surface area contributed by atoms with E-state index in [1.54, 1.807) is 30.3 Å². The van der Waals surface area contributed by atoms with Crippen LogP contribution in [0, 0.1) is 6.92 Å². The zero-order valence-corrected chi connectivity index (χ0v) is 16.1. The quantitative estimate of drug-likeness (QED) is 0.663. The number of nitrogens with one attached hydrogen (secondary N) is 2. The van der Waals surface area contributed by atoms with Crippen LogP contribution in [0.15, 0.2) is 60.8 Å². The maximum Gasteiger partial charge on any atom is 0.274 e. The highest BCUT2D eigenvalue weighted by Crippen LogP contribution is 2.27. The predicted octanol–water partition coefficient (Wildman–Crippen LogP) is 4.56. The number of methoxy groups -OCH3 is 1. The van der Waals surface area contributed by atoms with Crippen molar-refractivity contribution in [2.24, 2.45) is 0 Å². The third-order valence-corrected chi connectivity index (χ3v) is 4.24. The molecule has 0 spiro atoms. The predicted molar refractivity (Wildman–Crippen MR) is 109 cm³/mol. The van der Waals surface area contributed by atoms with Gasteiger partial charge in [-0.25, -0.2) is 0 Å². The molecule has 0 saturated carbocycles. The minimum absolute atomic E-state index is 0.115. The van der Waals surface area contributed by atoms with Crippen LogP contribution in [-0.4, -0.2) is 23.9 Å². The molecular formula is C21H18ClN3O3. The Balaban J connectivity index is 1.74. The van der Waals surface area contributed by atoms with Crippen molar-refractivity contribution >= 4 is 34.8 Å². The number of aryl methyl sites for hydroxylation is 1. The third kappa shape index (κ3) is 4.66. The van der Waals surface area contributed by atoms with Gasteiger partial charge in [-0.3, -0.25) is 14.6 Å². The molecule has 3 aromatic rings. The largest absolute Gasteiger partial charge is 0.495 e. The Hall–Kier alpha value is -3.38. The summed E-state index contributed by atoms with van der Waals surface area (Å²) in [5.41, 5.74) is 2.65. The number of hydrogen-bond acceptors (Lipinski definition) is 4. The minimum Gasteiger partial charge on any atom is -0.495 e. The van der Waals surface area contributed by atoms with Crippen molar-refractivity contribution in [3.63, 3.8) is 0 Å². The molecule has 28 heavy (non-hydrogen) atoms. The number of ether oxygens (including phenoxy) is 1. The summed E-state index contributed by atoms with van der Waals surface area (Å²) >= 11 is 6.07.